The van der Waals surface area contributed by atoms with E-state index in [9.17, 15) is 19.8 Å². The molecule has 5 rings (SSSR count). The van der Waals surface area contributed by atoms with Crippen LogP contribution in [0, 0.1) is 11.8 Å². The molecule has 9 heteroatoms. The maximum atomic E-state index is 13.7. The van der Waals surface area contributed by atoms with Gasteiger partial charge in [-0.1, -0.05) is 41.4 Å². The average Bonchev–Trinajstić information content (AvgIpc) is 3.70. The standard InChI is InChI=1S/C25H26Cl2N2O4.ClH/c26-19-4-2-1-3-18(19)25(33)22-20(27)11-17(23(30)31)12-21(22)29(24(25)32)10-9-28(13-15-5-6-15)14-16-7-8-16;/h1-4,11-12,15-16,33H,5-10,13-14H2,(H,30,31);1H. The van der Waals surface area contributed by atoms with Crippen LogP contribution in [-0.2, 0) is 10.4 Å². The molecule has 1 heterocycles. The van der Waals surface area contributed by atoms with Crippen molar-refractivity contribution in [3.8, 4) is 0 Å². The van der Waals surface area contributed by atoms with Crippen LogP contribution in [0.3, 0.4) is 0 Å². The molecule has 182 valence electrons. The molecule has 34 heavy (non-hydrogen) atoms. The lowest BCUT2D eigenvalue weighted by atomic mass is 9.87. The van der Waals surface area contributed by atoms with Gasteiger partial charge in [-0.15, -0.1) is 12.4 Å². The first-order chi connectivity index (χ1) is 15.8. The summed E-state index contributed by atoms with van der Waals surface area (Å²) in [4.78, 5) is 29.3. The summed E-state index contributed by atoms with van der Waals surface area (Å²) in [5.74, 6) is -0.269. The van der Waals surface area contributed by atoms with E-state index in [2.05, 4.69) is 4.90 Å². The van der Waals surface area contributed by atoms with Crippen molar-refractivity contribution in [2.24, 2.45) is 11.8 Å². The van der Waals surface area contributed by atoms with Crippen LogP contribution in [0.2, 0.25) is 10.0 Å². The molecule has 1 unspecified atom stereocenters. The molecule has 2 aromatic rings. The van der Waals surface area contributed by atoms with Gasteiger partial charge in [0.05, 0.1) is 16.3 Å². The van der Waals surface area contributed by atoms with Gasteiger partial charge in [0.1, 0.15) is 0 Å². The van der Waals surface area contributed by atoms with Gasteiger partial charge in [-0.25, -0.2) is 4.79 Å². The van der Waals surface area contributed by atoms with Gasteiger partial charge in [0, 0.05) is 42.3 Å². The van der Waals surface area contributed by atoms with Crippen LogP contribution in [0.1, 0.15) is 47.2 Å². The lowest BCUT2D eigenvalue weighted by Gasteiger charge is -2.27. The summed E-state index contributed by atoms with van der Waals surface area (Å²) >= 11 is 12.9. The number of aromatic carboxylic acids is 1. The fraction of sp³-hybridized carbons (Fsp3) is 0.440. The van der Waals surface area contributed by atoms with E-state index >= 15 is 0 Å². The number of nitrogens with zero attached hydrogens (tertiary/aromatic N) is 2. The molecule has 0 bridgehead atoms. The van der Waals surface area contributed by atoms with Crippen molar-refractivity contribution < 1.29 is 19.8 Å². The molecular formula is C25H27Cl3N2O4. The number of carbonyl (C=O) groups is 2. The summed E-state index contributed by atoms with van der Waals surface area (Å²) in [5, 5.41) is 21.6. The quantitative estimate of drug-likeness (QED) is 0.491. The van der Waals surface area contributed by atoms with Gasteiger partial charge in [0.2, 0.25) is 0 Å². The normalized spacial score (nSPS) is 21.5. The SMILES string of the molecule is Cl.O=C(O)c1cc(Cl)c2c(c1)N(CCN(CC1CC1)CC1CC1)C(=O)C2(O)c1ccccc1Cl. The van der Waals surface area contributed by atoms with Gasteiger partial charge in [-0.2, -0.15) is 0 Å². The number of carbonyl (C=O) groups excluding carboxylic acids is 1. The minimum absolute atomic E-state index is 0. The van der Waals surface area contributed by atoms with Crippen molar-refractivity contribution in [3.05, 3.63) is 63.1 Å². The molecule has 0 spiro atoms. The number of amides is 1. The molecule has 2 aromatic carbocycles. The number of halogens is 3. The van der Waals surface area contributed by atoms with E-state index in [0.717, 1.165) is 24.9 Å². The summed E-state index contributed by atoms with van der Waals surface area (Å²) in [6.45, 7) is 3.00. The molecule has 0 radical (unpaired) electrons. The van der Waals surface area contributed by atoms with Crippen molar-refractivity contribution in [1.82, 2.24) is 4.90 Å². The maximum Gasteiger partial charge on any atom is 0.335 e. The Labute approximate surface area is 214 Å². The number of carboxylic acids is 1. The molecule has 3 aliphatic rings. The topological polar surface area (TPSA) is 81.1 Å². The molecular weight excluding hydrogens is 499 g/mol. The Morgan fingerprint density at radius 1 is 1.06 bits per heavy atom. The van der Waals surface area contributed by atoms with Crippen molar-refractivity contribution in [2.45, 2.75) is 31.3 Å². The largest absolute Gasteiger partial charge is 0.478 e. The van der Waals surface area contributed by atoms with Gasteiger partial charge in [-0.05, 0) is 55.7 Å². The van der Waals surface area contributed by atoms with Crippen LogP contribution in [0.15, 0.2) is 36.4 Å². The number of hydrogen-bond donors (Lipinski definition) is 2. The lowest BCUT2D eigenvalue weighted by molar-refractivity contribution is -0.132. The smallest absolute Gasteiger partial charge is 0.335 e. The van der Waals surface area contributed by atoms with Crippen LogP contribution < -0.4 is 4.90 Å². The first-order valence-corrected chi connectivity index (χ1v) is 12.1. The van der Waals surface area contributed by atoms with E-state index in [1.165, 1.54) is 42.7 Å². The fourth-order valence-corrected chi connectivity index (χ4v) is 5.38. The van der Waals surface area contributed by atoms with E-state index in [0.29, 0.717) is 18.8 Å². The zero-order valence-corrected chi connectivity index (χ0v) is 20.9. The van der Waals surface area contributed by atoms with Crippen LogP contribution in [-0.4, -0.2) is 53.2 Å². The molecule has 0 aromatic heterocycles. The number of anilines is 1. The summed E-state index contributed by atoms with van der Waals surface area (Å²) in [5.41, 5.74) is -1.38. The maximum absolute atomic E-state index is 13.7. The van der Waals surface area contributed by atoms with Crippen molar-refractivity contribution >= 4 is 53.2 Å². The Morgan fingerprint density at radius 3 is 2.24 bits per heavy atom. The van der Waals surface area contributed by atoms with E-state index < -0.39 is 17.5 Å². The Hall–Kier alpha value is -1.83. The second kappa shape index (κ2) is 9.67. The number of fused-ring (bicyclic) bond motifs is 1. The Kier molecular flexibility index (Phi) is 7.19. The zero-order chi connectivity index (χ0) is 23.3. The Morgan fingerprint density at radius 2 is 1.68 bits per heavy atom. The molecule has 6 nitrogen and oxygen atoms in total. The summed E-state index contributed by atoms with van der Waals surface area (Å²) in [7, 11) is 0. The van der Waals surface area contributed by atoms with Gasteiger partial charge < -0.3 is 20.0 Å². The van der Waals surface area contributed by atoms with Gasteiger partial charge in [0.15, 0.2) is 5.60 Å². The second-order valence-corrected chi connectivity index (χ2v) is 10.3. The number of rotatable bonds is 9. The molecule has 0 saturated heterocycles. The highest BCUT2D eigenvalue weighted by Gasteiger charge is 2.53. The van der Waals surface area contributed by atoms with Crippen LogP contribution in [0.4, 0.5) is 5.69 Å². The van der Waals surface area contributed by atoms with Crippen molar-refractivity contribution in [2.75, 3.05) is 31.1 Å². The lowest BCUT2D eigenvalue weighted by Crippen LogP contribution is -2.44. The molecule has 2 fully saturated rings. The highest BCUT2D eigenvalue weighted by atomic mass is 35.5. The summed E-state index contributed by atoms with van der Waals surface area (Å²) in [6.07, 6.45) is 4.99. The van der Waals surface area contributed by atoms with Crippen LogP contribution in [0.5, 0.6) is 0 Å². The van der Waals surface area contributed by atoms with E-state index in [-0.39, 0.29) is 39.1 Å². The molecule has 1 amide bonds. The molecule has 2 saturated carbocycles. The molecule has 1 atom stereocenters. The summed E-state index contributed by atoms with van der Waals surface area (Å²) in [6, 6.07) is 9.31. The van der Waals surface area contributed by atoms with E-state index in [4.69, 9.17) is 23.2 Å². The third-order valence-electron chi connectivity index (χ3n) is 6.85. The number of benzene rings is 2. The number of carboxylic acid groups (broad SMARTS) is 1. The highest BCUT2D eigenvalue weighted by Crippen LogP contribution is 2.50. The predicted octanol–water partition coefficient (Wildman–Crippen LogP) is 4.82. The molecule has 2 N–H and O–H groups in total. The molecule has 1 aliphatic heterocycles. The van der Waals surface area contributed by atoms with Crippen molar-refractivity contribution in [1.29, 1.82) is 0 Å². The first-order valence-electron chi connectivity index (χ1n) is 11.4. The second-order valence-electron chi connectivity index (χ2n) is 9.45. The zero-order valence-electron chi connectivity index (χ0n) is 18.5. The minimum atomic E-state index is -2.08. The fourth-order valence-electron chi connectivity index (χ4n) is 4.75. The predicted molar refractivity (Wildman–Crippen MR) is 134 cm³/mol. The Balaban J connectivity index is 0.00000274. The molecule has 2 aliphatic carbocycles. The third kappa shape index (κ3) is 4.67. The first kappa shape index (κ1) is 25.3. The van der Waals surface area contributed by atoms with Gasteiger partial charge >= 0.3 is 5.97 Å². The van der Waals surface area contributed by atoms with Crippen LogP contribution in [0.25, 0.3) is 0 Å². The summed E-state index contributed by atoms with van der Waals surface area (Å²) < 4.78 is 0. The van der Waals surface area contributed by atoms with E-state index in [1.807, 2.05) is 0 Å². The van der Waals surface area contributed by atoms with Crippen LogP contribution >= 0.6 is 35.6 Å². The van der Waals surface area contributed by atoms with Crippen molar-refractivity contribution in [3.63, 3.8) is 0 Å². The Bertz CT molecular complexity index is 1110. The van der Waals surface area contributed by atoms with Gasteiger partial charge in [-0.3, -0.25) is 4.79 Å². The third-order valence-corrected chi connectivity index (χ3v) is 7.48. The average molecular weight is 526 g/mol. The highest BCUT2D eigenvalue weighted by molar-refractivity contribution is 6.35. The minimum Gasteiger partial charge on any atom is -0.478 e. The van der Waals surface area contributed by atoms with E-state index in [1.54, 1.807) is 24.3 Å². The monoisotopic (exact) mass is 524 g/mol. The van der Waals surface area contributed by atoms with Gasteiger partial charge in [0.25, 0.3) is 5.91 Å². The number of aliphatic hydroxyl groups is 1. The number of hydrogen-bond acceptors (Lipinski definition) is 4.